The number of nitrogens with one attached hydrogen (secondary N) is 1. The van der Waals surface area contributed by atoms with E-state index in [0.29, 0.717) is 5.41 Å². The first-order chi connectivity index (χ1) is 9.77. The minimum Gasteiger partial charge on any atom is -0.312 e. The predicted octanol–water partition coefficient (Wildman–Crippen LogP) is 4.90. The Balaban J connectivity index is 1.65. The maximum Gasteiger partial charge on any atom is 0.0211 e. The van der Waals surface area contributed by atoms with Gasteiger partial charge < -0.3 is 5.32 Å². The van der Waals surface area contributed by atoms with E-state index in [1.807, 2.05) is 0 Å². The highest BCUT2D eigenvalue weighted by molar-refractivity contribution is 5.85. The number of hydrogen-bond donors (Lipinski definition) is 1. The second kappa shape index (κ2) is 5.97. The smallest absolute Gasteiger partial charge is 0.0211 e. The van der Waals surface area contributed by atoms with Crippen molar-refractivity contribution >= 4 is 10.8 Å². The lowest BCUT2D eigenvalue weighted by molar-refractivity contribution is 0.207. The molecule has 0 aromatic heterocycles. The molecule has 0 radical (unpaired) electrons. The van der Waals surface area contributed by atoms with Gasteiger partial charge in [0.05, 0.1) is 0 Å². The van der Waals surface area contributed by atoms with Crippen LogP contribution < -0.4 is 5.32 Å². The minimum absolute atomic E-state index is 0.517. The Kier molecular flexibility index (Phi) is 4.07. The van der Waals surface area contributed by atoms with Crippen LogP contribution in [0.5, 0.6) is 0 Å². The van der Waals surface area contributed by atoms with Crippen molar-refractivity contribution in [1.29, 1.82) is 0 Å². The zero-order valence-corrected chi connectivity index (χ0v) is 12.5. The Morgan fingerprint density at radius 1 is 0.950 bits per heavy atom. The van der Waals surface area contributed by atoms with Crippen molar-refractivity contribution < 1.29 is 0 Å². The Labute approximate surface area is 122 Å². The minimum atomic E-state index is 0.517. The molecule has 3 rings (SSSR count). The molecule has 0 aliphatic heterocycles. The van der Waals surface area contributed by atoms with Gasteiger partial charge in [0, 0.05) is 13.1 Å². The van der Waals surface area contributed by atoms with E-state index in [1.54, 1.807) is 0 Å². The van der Waals surface area contributed by atoms with E-state index in [1.165, 1.54) is 48.4 Å². The largest absolute Gasteiger partial charge is 0.312 e. The molecule has 0 saturated heterocycles. The zero-order chi connectivity index (χ0) is 13.8. The predicted molar refractivity (Wildman–Crippen MR) is 86.8 cm³/mol. The summed E-state index contributed by atoms with van der Waals surface area (Å²) in [7, 11) is 0. The van der Waals surface area contributed by atoms with Gasteiger partial charge in [-0.1, -0.05) is 68.7 Å². The van der Waals surface area contributed by atoms with Gasteiger partial charge in [0.15, 0.2) is 0 Å². The van der Waals surface area contributed by atoms with Crippen molar-refractivity contribution in [3.63, 3.8) is 0 Å². The second-order valence-corrected chi connectivity index (χ2v) is 6.61. The number of benzene rings is 2. The van der Waals surface area contributed by atoms with Gasteiger partial charge in [-0.15, -0.1) is 0 Å². The van der Waals surface area contributed by atoms with E-state index in [2.05, 4.69) is 54.7 Å². The van der Waals surface area contributed by atoms with E-state index in [0.717, 1.165) is 13.1 Å². The first-order valence-electron chi connectivity index (χ1n) is 7.94. The summed E-state index contributed by atoms with van der Waals surface area (Å²) >= 11 is 0. The van der Waals surface area contributed by atoms with Crippen LogP contribution >= 0.6 is 0 Å². The van der Waals surface area contributed by atoms with E-state index >= 15 is 0 Å². The lowest BCUT2D eigenvalue weighted by Gasteiger charge is -2.33. The summed E-state index contributed by atoms with van der Waals surface area (Å²) in [4.78, 5) is 0. The summed E-state index contributed by atoms with van der Waals surface area (Å²) < 4.78 is 0. The highest BCUT2D eigenvalue weighted by Gasteiger charge is 2.25. The molecule has 1 aliphatic rings. The molecule has 1 nitrogen and oxygen atoms in total. The lowest BCUT2D eigenvalue weighted by Crippen LogP contribution is -2.33. The quantitative estimate of drug-likeness (QED) is 0.830. The van der Waals surface area contributed by atoms with Crippen molar-refractivity contribution in [3.05, 3.63) is 48.0 Å². The maximum atomic E-state index is 3.70. The molecule has 0 heterocycles. The molecule has 106 valence electrons. The Hall–Kier alpha value is -1.34. The van der Waals surface area contributed by atoms with Gasteiger partial charge in [0.2, 0.25) is 0 Å². The van der Waals surface area contributed by atoms with E-state index in [4.69, 9.17) is 0 Å². The molecule has 1 N–H and O–H groups in total. The first kappa shape index (κ1) is 13.6. The molecule has 1 aliphatic carbocycles. The van der Waals surface area contributed by atoms with Crippen LogP contribution in [-0.4, -0.2) is 6.54 Å². The summed E-state index contributed by atoms with van der Waals surface area (Å²) in [6.07, 6.45) is 7.02. The van der Waals surface area contributed by atoms with E-state index in [9.17, 15) is 0 Å². The van der Waals surface area contributed by atoms with Gasteiger partial charge in [-0.25, -0.2) is 0 Å². The monoisotopic (exact) mass is 267 g/mol. The molecule has 0 bridgehead atoms. The summed E-state index contributed by atoms with van der Waals surface area (Å²) in [6, 6.07) is 15.3. The molecule has 0 amide bonds. The first-order valence-corrected chi connectivity index (χ1v) is 7.94. The van der Waals surface area contributed by atoms with Gasteiger partial charge in [0.1, 0.15) is 0 Å². The van der Waals surface area contributed by atoms with Crippen molar-refractivity contribution in [2.45, 2.75) is 45.6 Å². The molecule has 1 saturated carbocycles. The molecular weight excluding hydrogens is 242 g/mol. The average Bonchev–Trinajstić information content (AvgIpc) is 2.48. The van der Waals surface area contributed by atoms with Crippen molar-refractivity contribution in [3.8, 4) is 0 Å². The van der Waals surface area contributed by atoms with Gasteiger partial charge in [0.25, 0.3) is 0 Å². The van der Waals surface area contributed by atoms with Crippen LogP contribution in [0.25, 0.3) is 10.8 Å². The van der Waals surface area contributed by atoms with Crippen LogP contribution in [-0.2, 0) is 6.54 Å². The Morgan fingerprint density at radius 2 is 1.70 bits per heavy atom. The fraction of sp³-hybridized carbons (Fsp3) is 0.474. The molecule has 0 unspecified atom stereocenters. The highest BCUT2D eigenvalue weighted by Crippen LogP contribution is 2.35. The van der Waals surface area contributed by atoms with Gasteiger partial charge in [-0.05, 0) is 34.6 Å². The molecule has 2 aromatic carbocycles. The fourth-order valence-corrected chi connectivity index (χ4v) is 3.53. The normalized spacial score (nSPS) is 18.2. The molecule has 2 aromatic rings. The Morgan fingerprint density at radius 3 is 2.55 bits per heavy atom. The molecule has 1 fully saturated rings. The third kappa shape index (κ3) is 3.04. The lowest BCUT2D eigenvalue weighted by atomic mass is 9.76. The molecule has 1 heteroatoms. The van der Waals surface area contributed by atoms with Crippen molar-refractivity contribution in [2.24, 2.45) is 5.41 Å². The molecule has 0 spiro atoms. The summed E-state index contributed by atoms with van der Waals surface area (Å²) in [6.45, 7) is 4.58. The molecule has 20 heavy (non-hydrogen) atoms. The zero-order valence-electron chi connectivity index (χ0n) is 12.5. The third-order valence-electron chi connectivity index (χ3n) is 4.81. The fourth-order valence-electron chi connectivity index (χ4n) is 3.53. The van der Waals surface area contributed by atoms with E-state index < -0.39 is 0 Å². The average molecular weight is 267 g/mol. The second-order valence-electron chi connectivity index (χ2n) is 6.61. The standard InChI is InChI=1S/C19H25N/c1-19(12-5-2-6-13-19)15-20-14-17-10-7-9-16-8-3-4-11-18(16)17/h3-4,7-11,20H,2,5-6,12-15H2,1H3. The molecule has 0 atom stereocenters. The van der Waals surface area contributed by atoms with Gasteiger partial charge in [-0.2, -0.15) is 0 Å². The van der Waals surface area contributed by atoms with Gasteiger partial charge >= 0.3 is 0 Å². The SMILES string of the molecule is CC1(CNCc2cccc3ccccc23)CCCCC1. The summed E-state index contributed by atoms with van der Waals surface area (Å²) in [5, 5.41) is 6.43. The van der Waals surface area contributed by atoms with Gasteiger partial charge in [-0.3, -0.25) is 0 Å². The van der Waals surface area contributed by atoms with Crippen molar-refractivity contribution in [1.82, 2.24) is 5.32 Å². The third-order valence-corrected chi connectivity index (χ3v) is 4.81. The number of rotatable bonds is 4. The van der Waals surface area contributed by atoms with Crippen LogP contribution in [0.3, 0.4) is 0 Å². The highest BCUT2D eigenvalue weighted by atomic mass is 14.9. The number of fused-ring (bicyclic) bond motifs is 1. The Bertz CT molecular complexity index is 561. The topological polar surface area (TPSA) is 12.0 Å². The van der Waals surface area contributed by atoms with Crippen LogP contribution in [0.1, 0.15) is 44.6 Å². The van der Waals surface area contributed by atoms with Crippen molar-refractivity contribution in [2.75, 3.05) is 6.54 Å². The number of hydrogen-bond acceptors (Lipinski definition) is 1. The maximum absolute atomic E-state index is 3.70. The van der Waals surface area contributed by atoms with Crippen LogP contribution in [0, 0.1) is 5.41 Å². The van der Waals surface area contributed by atoms with Crippen LogP contribution in [0.15, 0.2) is 42.5 Å². The van der Waals surface area contributed by atoms with Crippen LogP contribution in [0.2, 0.25) is 0 Å². The van der Waals surface area contributed by atoms with Crippen LogP contribution in [0.4, 0.5) is 0 Å². The summed E-state index contributed by atoms with van der Waals surface area (Å²) in [5.41, 5.74) is 1.94. The summed E-state index contributed by atoms with van der Waals surface area (Å²) in [5.74, 6) is 0. The van der Waals surface area contributed by atoms with E-state index in [-0.39, 0.29) is 0 Å². The molecular formula is C19H25N.